The SMILES string of the molecule is C[C@H](OC(=O)CNC(=O)c1ccc(Cl)c(Cl)c1)C(=O)N1CCCC1. The molecule has 0 aromatic heterocycles. The third-order valence-electron chi connectivity index (χ3n) is 3.65. The van der Waals surface area contributed by atoms with Crippen molar-refractivity contribution in [3.63, 3.8) is 0 Å². The van der Waals surface area contributed by atoms with Crippen LogP contribution in [0.3, 0.4) is 0 Å². The summed E-state index contributed by atoms with van der Waals surface area (Å²) in [5.41, 5.74) is 0.276. The van der Waals surface area contributed by atoms with E-state index in [0.717, 1.165) is 12.8 Å². The maximum Gasteiger partial charge on any atom is 0.326 e. The van der Waals surface area contributed by atoms with Crippen LogP contribution in [0, 0.1) is 0 Å². The van der Waals surface area contributed by atoms with Gasteiger partial charge in [0.1, 0.15) is 6.54 Å². The van der Waals surface area contributed by atoms with Crippen LogP contribution in [-0.4, -0.2) is 48.4 Å². The molecule has 24 heavy (non-hydrogen) atoms. The minimum atomic E-state index is -0.863. The standard InChI is InChI=1S/C16H18Cl2N2O4/c1-10(16(23)20-6-2-3-7-20)24-14(21)9-19-15(22)11-4-5-12(17)13(18)8-11/h4-5,8,10H,2-3,6-7,9H2,1H3,(H,19,22)/t10-/m0/s1. The Morgan fingerprint density at radius 1 is 1.21 bits per heavy atom. The van der Waals surface area contributed by atoms with Gasteiger partial charge < -0.3 is 15.0 Å². The summed E-state index contributed by atoms with van der Waals surface area (Å²) in [5.74, 6) is -1.37. The molecule has 0 aliphatic carbocycles. The summed E-state index contributed by atoms with van der Waals surface area (Å²) in [7, 11) is 0. The summed E-state index contributed by atoms with van der Waals surface area (Å²) < 4.78 is 5.06. The Hall–Kier alpha value is -1.79. The van der Waals surface area contributed by atoms with Crippen LogP contribution in [0.4, 0.5) is 0 Å². The first-order valence-corrected chi connectivity index (χ1v) is 8.35. The van der Waals surface area contributed by atoms with Gasteiger partial charge in [0, 0.05) is 18.7 Å². The second-order valence-electron chi connectivity index (χ2n) is 5.48. The molecule has 0 radical (unpaired) electrons. The zero-order chi connectivity index (χ0) is 17.7. The fraction of sp³-hybridized carbons (Fsp3) is 0.438. The average molecular weight is 373 g/mol. The van der Waals surface area contributed by atoms with E-state index in [2.05, 4.69) is 5.32 Å². The van der Waals surface area contributed by atoms with Gasteiger partial charge in [0.15, 0.2) is 6.10 Å². The second kappa shape index (κ2) is 8.35. The number of carbonyl (C=O) groups excluding carboxylic acids is 3. The Morgan fingerprint density at radius 3 is 2.50 bits per heavy atom. The molecule has 8 heteroatoms. The van der Waals surface area contributed by atoms with Crippen LogP contribution in [0.5, 0.6) is 0 Å². The lowest BCUT2D eigenvalue weighted by Gasteiger charge is -2.20. The van der Waals surface area contributed by atoms with Gasteiger partial charge in [-0.15, -0.1) is 0 Å². The number of nitrogens with one attached hydrogen (secondary N) is 1. The van der Waals surface area contributed by atoms with Crippen LogP contribution in [0.2, 0.25) is 10.0 Å². The average Bonchev–Trinajstić information content (AvgIpc) is 3.08. The molecule has 0 saturated carbocycles. The Morgan fingerprint density at radius 2 is 1.88 bits per heavy atom. The van der Waals surface area contributed by atoms with Gasteiger partial charge in [-0.25, -0.2) is 0 Å². The maximum absolute atomic E-state index is 12.0. The highest BCUT2D eigenvalue weighted by Crippen LogP contribution is 2.22. The molecular weight excluding hydrogens is 355 g/mol. The van der Waals surface area contributed by atoms with Gasteiger partial charge >= 0.3 is 5.97 Å². The Kier molecular flexibility index (Phi) is 6.45. The number of rotatable bonds is 5. The zero-order valence-corrected chi connectivity index (χ0v) is 14.7. The molecule has 2 rings (SSSR count). The number of nitrogens with zero attached hydrogens (tertiary/aromatic N) is 1. The van der Waals surface area contributed by atoms with Crippen molar-refractivity contribution >= 4 is 41.0 Å². The van der Waals surface area contributed by atoms with Crippen LogP contribution in [-0.2, 0) is 14.3 Å². The molecule has 1 fully saturated rings. The number of halogens is 2. The topological polar surface area (TPSA) is 75.7 Å². The van der Waals surface area contributed by atoms with Crippen molar-refractivity contribution in [1.29, 1.82) is 0 Å². The molecule has 1 aromatic carbocycles. The van der Waals surface area contributed by atoms with Crippen molar-refractivity contribution in [2.45, 2.75) is 25.9 Å². The molecule has 1 saturated heterocycles. The van der Waals surface area contributed by atoms with Gasteiger partial charge in [-0.2, -0.15) is 0 Å². The Labute approximate surface area is 150 Å². The molecule has 0 spiro atoms. The number of amides is 2. The summed E-state index contributed by atoms with van der Waals surface area (Å²) in [6.45, 7) is 2.57. The Bertz CT molecular complexity index is 645. The molecule has 0 bridgehead atoms. The third kappa shape index (κ3) is 4.85. The van der Waals surface area contributed by atoms with Crippen molar-refractivity contribution in [2.75, 3.05) is 19.6 Å². The fourth-order valence-electron chi connectivity index (χ4n) is 2.38. The first-order chi connectivity index (χ1) is 11.4. The van der Waals surface area contributed by atoms with Crippen LogP contribution < -0.4 is 5.32 Å². The minimum Gasteiger partial charge on any atom is -0.451 e. The van der Waals surface area contributed by atoms with Crippen LogP contribution in [0.25, 0.3) is 0 Å². The predicted octanol–water partition coefficient (Wildman–Crippen LogP) is 2.28. The van der Waals surface area contributed by atoms with Gasteiger partial charge in [0.05, 0.1) is 10.0 Å². The number of hydrogen-bond donors (Lipinski definition) is 1. The molecule has 1 heterocycles. The largest absolute Gasteiger partial charge is 0.451 e. The lowest BCUT2D eigenvalue weighted by Crippen LogP contribution is -2.40. The minimum absolute atomic E-state index is 0.211. The predicted molar refractivity (Wildman–Crippen MR) is 90.2 cm³/mol. The monoisotopic (exact) mass is 372 g/mol. The quantitative estimate of drug-likeness (QED) is 0.804. The molecule has 130 valence electrons. The van der Waals surface area contributed by atoms with Crippen molar-refractivity contribution in [1.82, 2.24) is 10.2 Å². The van der Waals surface area contributed by atoms with E-state index in [1.165, 1.54) is 25.1 Å². The smallest absolute Gasteiger partial charge is 0.326 e. The van der Waals surface area contributed by atoms with Gasteiger partial charge in [-0.1, -0.05) is 23.2 Å². The van der Waals surface area contributed by atoms with E-state index < -0.39 is 18.0 Å². The van der Waals surface area contributed by atoms with Crippen LogP contribution >= 0.6 is 23.2 Å². The summed E-state index contributed by atoms with van der Waals surface area (Å²) in [5, 5.41) is 3.00. The maximum atomic E-state index is 12.0. The normalized spacial score (nSPS) is 15.0. The third-order valence-corrected chi connectivity index (χ3v) is 4.39. The summed E-state index contributed by atoms with van der Waals surface area (Å²) in [6.07, 6.45) is 1.07. The Balaban J connectivity index is 1.80. The lowest BCUT2D eigenvalue weighted by molar-refractivity contribution is -0.157. The van der Waals surface area contributed by atoms with Crippen molar-refractivity contribution in [3.05, 3.63) is 33.8 Å². The van der Waals surface area contributed by atoms with Crippen molar-refractivity contribution < 1.29 is 19.1 Å². The first-order valence-electron chi connectivity index (χ1n) is 7.60. The van der Waals surface area contributed by atoms with E-state index in [1.807, 2.05) is 0 Å². The van der Waals surface area contributed by atoms with Gasteiger partial charge in [-0.05, 0) is 38.0 Å². The molecule has 6 nitrogen and oxygen atoms in total. The molecular formula is C16H18Cl2N2O4. The van der Waals surface area contributed by atoms with E-state index >= 15 is 0 Å². The second-order valence-corrected chi connectivity index (χ2v) is 6.29. The molecule has 0 unspecified atom stereocenters. The van der Waals surface area contributed by atoms with E-state index in [1.54, 1.807) is 4.90 Å². The summed E-state index contributed by atoms with van der Waals surface area (Å²) in [4.78, 5) is 37.4. The van der Waals surface area contributed by atoms with Gasteiger partial charge in [-0.3, -0.25) is 14.4 Å². The van der Waals surface area contributed by atoms with E-state index in [9.17, 15) is 14.4 Å². The molecule has 1 aliphatic heterocycles. The summed E-state index contributed by atoms with van der Waals surface area (Å²) in [6, 6.07) is 4.40. The number of hydrogen-bond acceptors (Lipinski definition) is 4. The van der Waals surface area contributed by atoms with Crippen molar-refractivity contribution in [3.8, 4) is 0 Å². The highest BCUT2D eigenvalue weighted by Gasteiger charge is 2.25. The zero-order valence-electron chi connectivity index (χ0n) is 13.2. The lowest BCUT2D eigenvalue weighted by atomic mass is 10.2. The van der Waals surface area contributed by atoms with E-state index in [4.69, 9.17) is 27.9 Å². The highest BCUT2D eigenvalue weighted by molar-refractivity contribution is 6.42. The number of benzene rings is 1. The molecule has 1 aliphatic rings. The van der Waals surface area contributed by atoms with Crippen LogP contribution in [0.15, 0.2) is 18.2 Å². The number of carbonyl (C=O) groups is 3. The fourth-order valence-corrected chi connectivity index (χ4v) is 2.67. The highest BCUT2D eigenvalue weighted by atomic mass is 35.5. The van der Waals surface area contributed by atoms with Gasteiger partial charge in [0.25, 0.3) is 11.8 Å². The number of esters is 1. The van der Waals surface area contributed by atoms with E-state index in [-0.39, 0.29) is 23.0 Å². The first kappa shape index (κ1) is 18.5. The van der Waals surface area contributed by atoms with Gasteiger partial charge in [0.2, 0.25) is 0 Å². The molecule has 1 N–H and O–H groups in total. The number of ether oxygens (including phenoxy) is 1. The van der Waals surface area contributed by atoms with Crippen LogP contribution in [0.1, 0.15) is 30.1 Å². The molecule has 2 amide bonds. The van der Waals surface area contributed by atoms with E-state index in [0.29, 0.717) is 18.1 Å². The molecule has 1 atom stereocenters. The molecule has 1 aromatic rings. The van der Waals surface area contributed by atoms with Crippen molar-refractivity contribution in [2.24, 2.45) is 0 Å². The summed E-state index contributed by atoms with van der Waals surface area (Å²) >= 11 is 11.6. The number of likely N-dealkylation sites (tertiary alicyclic amines) is 1.